The van der Waals surface area contributed by atoms with Gasteiger partial charge < -0.3 is 29.3 Å². The molecule has 0 aliphatic rings. The number of anilines is 1. The largest absolute Gasteiger partial charge is 0.504 e. The van der Waals surface area contributed by atoms with Crippen molar-refractivity contribution < 1.29 is 40.4 Å². The molecule has 9 heteroatoms. The second-order valence-corrected chi connectivity index (χ2v) is 14.9. The minimum atomic E-state index is 0.105. The van der Waals surface area contributed by atoms with Crippen LogP contribution in [0.25, 0.3) is 0 Å². The fraction of sp³-hybridized carbons (Fsp3) is 0.0877. The van der Waals surface area contributed by atoms with Gasteiger partial charge in [0.2, 0.25) is 0 Å². The Bertz CT molecular complexity index is 2740. The molecule has 0 spiro atoms. The molecule has 0 unspecified atom stereocenters. The monoisotopic (exact) mass is 879 g/mol. The number of nitrogens with two attached hydrogens (primary N) is 3. The third-order valence-corrected chi connectivity index (χ3v) is 10.4. The lowest BCUT2D eigenvalue weighted by Crippen LogP contribution is -2.71. The predicted molar refractivity (Wildman–Crippen MR) is 267 cm³/mol. The molecule has 0 heterocycles. The molecule has 0 aliphatic carbocycles. The molecule has 9 nitrogen and oxygen atoms in total. The highest BCUT2D eigenvalue weighted by atomic mass is 16.5. The minimum absolute atomic E-state index is 0.105. The van der Waals surface area contributed by atoms with E-state index < -0.39 is 0 Å². The highest BCUT2D eigenvalue weighted by molar-refractivity contribution is 5.54. The molecule has 6 rings (SSSR count). The second-order valence-electron chi connectivity index (χ2n) is 14.9. The first kappa shape index (κ1) is 47.4. The van der Waals surface area contributed by atoms with Gasteiger partial charge in [0.1, 0.15) is 40.1 Å². The zero-order valence-electron chi connectivity index (χ0n) is 38.1. The maximum Gasteiger partial charge on any atom is 0.169 e. The lowest BCUT2D eigenvalue weighted by Gasteiger charge is -2.15. The van der Waals surface area contributed by atoms with Crippen LogP contribution in [-0.2, 0) is 0 Å². The smallest absolute Gasteiger partial charge is 0.169 e. The van der Waals surface area contributed by atoms with Crippen molar-refractivity contribution in [3.63, 3.8) is 0 Å². The number of hydrogen-bond donors (Lipinski definition) is 5. The summed E-state index contributed by atoms with van der Waals surface area (Å²) in [5.41, 5.74) is 8.60. The van der Waals surface area contributed by atoms with E-state index in [2.05, 4.69) is 71.6 Å². The van der Waals surface area contributed by atoms with Crippen LogP contribution >= 0.6 is 0 Å². The Balaban J connectivity index is 0.931. The highest BCUT2D eigenvalue weighted by Crippen LogP contribution is 2.32. The number of quaternary nitrogens is 3. The first-order chi connectivity index (χ1) is 32.2. The van der Waals surface area contributed by atoms with Crippen molar-refractivity contribution >= 4 is 22.7 Å². The van der Waals surface area contributed by atoms with Gasteiger partial charge in [-0.3, -0.25) is 16.0 Å². The van der Waals surface area contributed by atoms with Gasteiger partial charge in [0.15, 0.2) is 23.0 Å². The molecule has 0 saturated heterocycles. The zero-order valence-corrected chi connectivity index (χ0v) is 38.1. The Morgan fingerprint density at radius 2 is 0.727 bits per heavy atom. The van der Waals surface area contributed by atoms with Crippen LogP contribution in [0.5, 0.6) is 46.0 Å². The van der Waals surface area contributed by atoms with Crippen molar-refractivity contribution in [2.45, 2.75) is 27.7 Å². The average Bonchev–Trinajstić information content (AvgIpc) is 3.34. The van der Waals surface area contributed by atoms with E-state index in [-0.39, 0.29) is 11.5 Å². The quantitative estimate of drug-likeness (QED) is 0.0385. The van der Waals surface area contributed by atoms with Gasteiger partial charge in [0, 0.05) is 55.3 Å². The number of benzene rings is 6. The van der Waals surface area contributed by atoms with E-state index in [1.807, 2.05) is 167 Å². The molecule has 0 saturated carbocycles. The topological polar surface area (TPSA) is 121 Å². The molecular formula is C57H59N4O5+3. The summed E-state index contributed by atoms with van der Waals surface area (Å²) < 4.78 is 17.8. The van der Waals surface area contributed by atoms with Gasteiger partial charge in [0.05, 0.1) is 18.6 Å². The van der Waals surface area contributed by atoms with Crippen molar-refractivity contribution in [2.75, 3.05) is 11.9 Å². The van der Waals surface area contributed by atoms with Gasteiger partial charge in [-0.2, -0.15) is 0 Å². The maximum atomic E-state index is 10.0. The molecule has 0 aliphatic heterocycles. The summed E-state index contributed by atoms with van der Waals surface area (Å²) in [6.07, 6.45) is 25.0. The molecular weight excluding hydrogens is 821 g/mol. The van der Waals surface area contributed by atoms with E-state index in [9.17, 15) is 10.2 Å². The van der Waals surface area contributed by atoms with Gasteiger partial charge in [-0.05, 0) is 159 Å². The number of rotatable bonds is 20. The Labute approximate surface area is 388 Å². The number of hydrogen-bond acceptors (Lipinski definition) is 6. The third kappa shape index (κ3) is 14.2. The van der Waals surface area contributed by atoms with Gasteiger partial charge >= 0.3 is 0 Å². The van der Waals surface area contributed by atoms with Crippen molar-refractivity contribution in [3.8, 4) is 46.0 Å². The molecule has 0 radical (unpaired) electrons. The first-order valence-electron chi connectivity index (χ1n) is 21.9. The number of aromatic hydroxyl groups is 2. The third-order valence-electron chi connectivity index (χ3n) is 10.4. The molecule has 0 aromatic heterocycles. The molecule has 0 bridgehead atoms. The fourth-order valence-corrected chi connectivity index (χ4v) is 6.67. The van der Waals surface area contributed by atoms with E-state index >= 15 is 0 Å². The van der Waals surface area contributed by atoms with E-state index in [0.29, 0.717) is 23.0 Å². The molecule has 66 heavy (non-hydrogen) atoms. The van der Waals surface area contributed by atoms with Crippen LogP contribution in [0.15, 0.2) is 241 Å². The normalized spacial score (nSPS) is 12.7. The molecule has 0 fully saturated rings. The average molecular weight is 880 g/mol. The summed E-state index contributed by atoms with van der Waals surface area (Å²) in [7, 11) is 2.01. The van der Waals surface area contributed by atoms with Crippen molar-refractivity contribution in [3.05, 3.63) is 241 Å². The van der Waals surface area contributed by atoms with Gasteiger partial charge in [-0.1, -0.05) is 48.6 Å². The summed E-state index contributed by atoms with van der Waals surface area (Å²) in [4.78, 5) is 2.05. The lowest BCUT2D eigenvalue weighted by molar-refractivity contribution is -0.496. The summed E-state index contributed by atoms with van der Waals surface area (Å²) >= 11 is 0. The van der Waals surface area contributed by atoms with Gasteiger partial charge in [-0.25, -0.2) is 0 Å². The summed E-state index contributed by atoms with van der Waals surface area (Å²) in [5.74, 6) is 3.90. The zero-order chi connectivity index (χ0) is 46.5. The first-order valence-corrected chi connectivity index (χ1v) is 21.9. The summed E-state index contributed by atoms with van der Waals surface area (Å²) in [6, 6.07) is 45.4. The molecule has 8 N–H and O–H groups in total. The number of allylic oxidation sites excluding steroid dienone is 12. The van der Waals surface area contributed by atoms with E-state index in [0.717, 1.165) is 56.5 Å². The van der Waals surface area contributed by atoms with Crippen LogP contribution in [0.1, 0.15) is 27.7 Å². The molecule has 0 amide bonds. The van der Waals surface area contributed by atoms with Crippen LogP contribution in [0.4, 0.5) is 22.7 Å². The Morgan fingerprint density at radius 1 is 0.409 bits per heavy atom. The summed E-state index contributed by atoms with van der Waals surface area (Å²) in [6.45, 7) is 8.16. The lowest BCUT2D eigenvalue weighted by atomic mass is 10.1. The van der Waals surface area contributed by atoms with Crippen molar-refractivity contribution in [1.29, 1.82) is 0 Å². The van der Waals surface area contributed by atoms with Crippen LogP contribution < -0.4 is 35.1 Å². The SMILES string of the molecule is C/C=C(\C=C/[NH2+]c1ccc(Oc2ccc([NH2+]\C=C/C(=C\C)C(/C=C\N(C)c3ccc(Oc4ccccc4O)cc3)=C/C)cc2)cc1)C(/C=C\[NH2+]c1ccc(Oc2ccccc2O)cc1)=C/C. The molecule has 334 valence electrons. The van der Waals surface area contributed by atoms with Gasteiger partial charge in [-0.15, -0.1) is 0 Å². The predicted octanol–water partition coefficient (Wildman–Crippen LogP) is 11.7. The Hall–Kier alpha value is -8.08. The number of phenolic OH excluding ortho intramolecular Hbond substituents is 2. The van der Waals surface area contributed by atoms with Crippen LogP contribution in [0, 0.1) is 0 Å². The number of nitrogens with zero attached hydrogens (tertiary/aromatic N) is 1. The summed E-state index contributed by atoms with van der Waals surface area (Å²) in [5, 5.41) is 26.2. The van der Waals surface area contributed by atoms with Crippen LogP contribution in [0.2, 0.25) is 0 Å². The van der Waals surface area contributed by atoms with Crippen molar-refractivity contribution in [2.24, 2.45) is 0 Å². The van der Waals surface area contributed by atoms with E-state index in [4.69, 9.17) is 14.2 Å². The number of phenols is 2. The van der Waals surface area contributed by atoms with E-state index in [1.165, 1.54) is 0 Å². The fourth-order valence-electron chi connectivity index (χ4n) is 6.67. The molecule has 0 atom stereocenters. The highest BCUT2D eigenvalue weighted by Gasteiger charge is 2.07. The standard InChI is InChI=1S/C57H56N4O5/c1-6-42(43(7-2)35-39-59-48-22-30-52(31-23-48)65-56-16-12-10-14-54(56)62)34-38-58-46-18-26-50(27-19-46)64-51-28-20-47(21-29-51)60-40-36-44(8-3)45(9-4)37-41-61(5)49-24-32-53(33-25-49)66-57-17-13-11-15-55(57)63/h6-41,58-60,62-63H,1-5H3/p+3/b38-34-,39-35-,40-36-,41-37-,42-6+,43-7+,44-8+,45-9+. The van der Waals surface area contributed by atoms with Gasteiger partial charge in [0.25, 0.3) is 0 Å². The van der Waals surface area contributed by atoms with Crippen LogP contribution in [-0.4, -0.2) is 17.3 Å². The minimum Gasteiger partial charge on any atom is -0.504 e. The van der Waals surface area contributed by atoms with Crippen LogP contribution in [0.3, 0.4) is 0 Å². The Morgan fingerprint density at radius 3 is 1.08 bits per heavy atom. The number of ether oxygens (including phenoxy) is 3. The van der Waals surface area contributed by atoms with E-state index in [1.54, 1.807) is 36.4 Å². The Kier molecular flexibility index (Phi) is 17.7. The number of para-hydroxylation sites is 4. The van der Waals surface area contributed by atoms with Crippen molar-refractivity contribution in [1.82, 2.24) is 0 Å². The maximum absolute atomic E-state index is 10.0. The molecule has 6 aromatic carbocycles. The second kappa shape index (κ2) is 24.7. The molecule has 6 aromatic rings.